The molecule has 1 unspecified atom stereocenters. The molecule has 0 fully saturated rings. The lowest BCUT2D eigenvalue weighted by Crippen LogP contribution is -2.45. The Hall–Kier alpha value is -0.610. The summed E-state index contributed by atoms with van der Waals surface area (Å²) in [5.41, 5.74) is 5.77. The highest BCUT2D eigenvalue weighted by atomic mass is 16.3. The van der Waals surface area contributed by atoms with Crippen LogP contribution >= 0.6 is 0 Å². The zero-order chi connectivity index (χ0) is 11.8. The lowest BCUT2D eigenvalue weighted by atomic mass is 9.99. The minimum Gasteiger partial charge on any atom is -0.396 e. The van der Waals surface area contributed by atoms with E-state index in [4.69, 9.17) is 10.8 Å². The molecule has 0 rings (SSSR count). The summed E-state index contributed by atoms with van der Waals surface area (Å²) < 4.78 is 0. The molecule has 0 saturated carbocycles. The van der Waals surface area contributed by atoms with Crippen molar-refractivity contribution in [3.05, 3.63) is 0 Å². The Labute approximate surface area is 92.2 Å². The van der Waals surface area contributed by atoms with E-state index in [2.05, 4.69) is 5.32 Å². The number of carbonyl (C=O) groups is 1. The van der Waals surface area contributed by atoms with Crippen LogP contribution in [0.15, 0.2) is 0 Å². The summed E-state index contributed by atoms with van der Waals surface area (Å²) in [6.45, 7) is 6.73. The van der Waals surface area contributed by atoms with Gasteiger partial charge in [0.15, 0.2) is 0 Å². The van der Waals surface area contributed by atoms with Crippen molar-refractivity contribution in [3.63, 3.8) is 0 Å². The largest absolute Gasteiger partial charge is 0.396 e. The van der Waals surface area contributed by atoms with Gasteiger partial charge < -0.3 is 16.2 Å². The third-order valence-corrected chi connectivity index (χ3v) is 2.81. The Bertz CT molecular complexity index is 185. The molecular weight excluding hydrogens is 192 g/mol. The molecule has 4 N–H and O–H groups in total. The van der Waals surface area contributed by atoms with Gasteiger partial charge in [-0.2, -0.15) is 0 Å². The highest BCUT2D eigenvalue weighted by molar-refractivity contribution is 5.81. The van der Waals surface area contributed by atoms with E-state index in [1.54, 1.807) is 0 Å². The van der Waals surface area contributed by atoms with Crippen LogP contribution in [0.3, 0.4) is 0 Å². The summed E-state index contributed by atoms with van der Waals surface area (Å²) in [5.74, 6) is 0.412. The van der Waals surface area contributed by atoms with Crippen LogP contribution in [0.1, 0.15) is 33.6 Å². The van der Waals surface area contributed by atoms with Gasteiger partial charge in [-0.1, -0.05) is 27.2 Å². The third-order valence-electron chi connectivity index (χ3n) is 2.81. The van der Waals surface area contributed by atoms with Gasteiger partial charge in [-0.15, -0.1) is 0 Å². The first kappa shape index (κ1) is 14.4. The van der Waals surface area contributed by atoms with E-state index in [9.17, 15) is 4.79 Å². The van der Waals surface area contributed by atoms with E-state index in [0.717, 1.165) is 6.42 Å². The minimum absolute atomic E-state index is 0.0888. The van der Waals surface area contributed by atoms with E-state index >= 15 is 0 Å². The van der Waals surface area contributed by atoms with E-state index < -0.39 is 6.04 Å². The normalized spacial score (nSPS) is 16.9. The molecule has 0 aliphatic rings. The average molecular weight is 216 g/mol. The molecule has 0 radical (unpaired) electrons. The van der Waals surface area contributed by atoms with Gasteiger partial charge in [0.05, 0.1) is 6.04 Å². The van der Waals surface area contributed by atoms with Gasteiger partial charge in [-0.05, 0) is 18.3 Å². The van der Waals surface area contributed by atoms with Crippen molar-refractivity contribution < 1.29 is 9.90 Å². The van der Waals surface area contributed by atoms with Crippen molar-refractivity contribution >= 4 is 5.91 Å². The number of carbonyl (C=O) groups excluding carboxylic acids is 1. The lowest BCUT2D eigenvalue weighted by Gasteiger charge is -2.19. The van der Waals surface area contributed by atoms with Crippen LogP contribution in [-0.4, -0.2) is 30.2 Å². The standard InChI is InChI=1S/C11H24N2O2/c1-4-9(3)10(12)11(15)13-7-8(2)5-6-14/h8-10,14H,4-7,12H2,1-3H3,(H,13,15)/t8?,9-,10-/m0/s1. The summed E-state index contributed by atoms with van der Waals surface area (Å²) >= 11 is 0. The molecule has 15 heavy (non-hydrogen) atoms. The summed E-state index contributed by atoms with van der Waals surface area (Å²) in [7, 11) is 0. The first-order chi connectivity index (χ1) is 7.02. The summed E-state index contributed by atoms with van der Waals surface area (Å²) in [6, 6.07) is -0.420. The highest BCUT2D eigenvalue weighted by Gasteiger charge is 2.19. The molecule has 0 heterocycles. The molecule has 0 aliphatic carbocycles. The number of nitrogens with one attached hydrogen (secondary N) is 1. The first-order valence-electron chi connectivity index (χ1n) is 5.67. The molecule has 0 aromatic heterocycles. The van der Waals surface area contributed by atoms with E-state index in [1.807, 2.05) is 20.8 Å². The van der Waals surface area contributed by atoms with Gasteiger partial charge in [0.2, 0.25) is 5.91 Å². The summed E-state index contributed by atoms with van der Waals surface area (Å²) in [6.07, 6.45) is 1.61. The van der Waals surface area contributed by atoms with Crippen molar-refractivity contribution in [2.75, 3.05) is 13.2 Å². The number of aliphatic hydroxyl groups excluding tert-OH is 1. The van der Waals surface area contributed by atoms with Gasteiger partial charge in [-0.3, -0.25) is 4.79 Å². The fourth-order valence-electron chi connectivity index (χ4n) is 1.23. The zero-order valence-corrected chi connectivity index (χ0v) is 9.99. The second-order valence-electron chi connectivity index (χ2n) is 4.27. The lowest BCUT2D eigenvalue weighted by molar-refractivity contribution is -0.123. The SMILES string of the molecule is CC[C@H](C)[C@H](N)C(=O)NCC(C)CCO. The van der Waals surface area contributed by atoms with Crippen molar-refractivity contribution in [1.82, 2.24) is 5.32 Å². The van der Waals surface area contributed by atoms with Crippen LogP contribution in [0.5, 0.6) is 0 Å². The molecule has 0 spiro atoms. The van der Waals surface area contributed by atoms with Gasteiger partial charge in [-0.25, -0.2) is 0 Å². The van der Waals surface area contributed by atoms with Crippen LogP contribution in [-0.2, 0) is 4.79 Å². The number of amides is 1. The van der Waals surface area contributed by atoms with Crippen LogP contribution < -0.4 is 11.1 Å². The second kappa shape index (κ2) is 7.65. The molecule has 4 nitrogen and oxygen atoms in total. The van der Waals surface area contributed by atoms with E-state index in [0.29, 0.717) is 18.9 Å². The van der Waals surface area contributed by atoms with Gasteiger partial charge in [0, 0.05) is 13.2 Å². The Kier molecular flexibility index (Phi) is 7.34. The van der Waals surface area contributed by atoms with E-state index in [-0.39, 0.29) is 18.4 Å². The molecule has 0 saturated heterocycles. The van der Waals surface area contributed by atoms with Crippen molar-refractivity contribution in [3.8, 4) is 0 Å². The fraction of sp³-hybridized carbons (Fsp3) is 0.909. The van der Waals surface area contributed by atoms with Crippen LogP contribution in [0.2, 0.25) is 0 Å². The highest BCUT2D eigenvalue weighted by Crippen LogP contribution is 2.05. The maximum Gasteiger partial charge on any atom is 0.237 e. The second-order valence-corrected chi connectivity index (χ2v) is 4.27. The molecule has 3 atom stereocenters. The molecule has 4 heteroatoms. The zero-order valence-electron chi connectivity index (χ0n) is 9.99. The quantitative estimate of drug-likeness (QED) is 0.580. The Morgan fingerprint density at radius 2 is 2.07 bits per heavy atom. The topological polar surface area (TPSA) is 75.4 Å². The number of aliphatic hydroxyl groups is 1. The van der Waals surface area contributed by atoms with Crippen LogP contribution in [0.4, 0.5) is 0 Å². The summed E-state index contributed by atoms with van der Waals surface area (Å²) in [5, 5.41) is 11.5. The van der Waals surface area contributed by atoms with Gasteiger partial charge in [0.1, 0.15) is 0 Å². The average Bonchev–Trinajstić information content (AvgIpc) is 2.24. The third kappa shape index (κ3) is 5.74. The van der Waals surface area contributed by atoms with Gasteiger partial charge in [0.25, 0.3) is 0 Å². The number of hydrogen-bond donors (Lipinski definition) is 3. The number of rotatable bonds is 7. The maximum absolute atomic E-state index is 11.6. The van der Waals surface area contributed by atoms with Crippen molar-refractivity contribution in [2.24, 2.45) is 17.6 Å². The Balaban J connectivity index is 3.82. The van der Waals surface area contributed by atoms with Gasteiger partial charge >= 0.3 is 0 Å². The molecule has 90 valence electrons. The molecule has 0 aromatic carbocycles. The minimum atomic E-state index is -0.420. The molecule has 0 bridgehead atoms. The van der Waals surface area contributed by atoms with Crippen LogP contribution in [0, 0.1) is 11.8 Å². The molecule has 1 amide bonds. The molecule has 0 aromatic rings. The van der Waals surface area contributed by atoms with Crippen molar-refractivity contribution in [2.45, 2.75) is 39.7 Å². The first-order valence-corrected chi connectivity index (χ1v) is 5.67. The van der Waals surface area contributed by atoms with E-state index in [1.165, 1.54) is 0 Å². The van der Waals surface area contributed by atoms with Crippen LogP contribution in [0.25, 0.3) is 0 Å². The molecular formula is C11H24N2O2. The predicted octanol–water partition coefficient (Wildman–Crippen LogP) is 0.495. The monoisotopic (exact) mass is 216 g/mol. The predicted molar refractivity (Wildman–Crippen MR) is 61.3 cm³/mol. The van der Waals surface area contributed by atoms with Crippen molar-refractivity contribution in [1.29, 1.82) is 0 Å². The molecule has 0 aliphatic heterocycles. The Morgan fingerprint density at radius 1 is 1.47 bits per heavy atom. The Morgan fingerprint density at radius 3 is 2.53 bits per heavy atom. The fourth-order valence-corrected chi connectivity index (χ4v) is 1.23. The number of hydrogen-bond acceptors (Lipinski definition) is 3. The summed E-state index contributed by atoms with van der Waals surface area (Å²) in [4.78, 5) is 11.6. The smallest absolute Gasteiger partial charge is 0.237 e. The maximum atomic E-state index is 11.6. The number of nitrogens with two attached hydrogens (primary N) is 1.